The molecule has 3 nitrogen and oxygen atoms in total. The summed E-state index contributed by atoms with van der Waals surface area (Å²) in [4.78, 5) is 4.08. The summed E-state index contributed by atoms with van der Waals surface area (Å²) in [6.45, 7) is 7.71. The van der Waals surface area contributed by atoms with Gasteiger partial charge in [0.2, 0.25) is 0 Å². The molecule has 0 bridgehead atoms. The topological polar surface area (TPSA) is 51.3 Å². The van der Waals surface area contributed by atoms with Crippen molar-refractivity contribution < 1.29 is 17.2 Å². The number of aromatic nitrogens is 1. The summed E-state index contributed by atoms with van der Waals surface area (Å²) in [5.41, 5.74) is 9.34. The Morgan fingerprint density at radius 2 is 2.29 bits per heavy atom. The van der Waals surface area contributed by atoms with Crippen LogP contribution in [0.3, 0.4) is 0 Å². The number of nitrogens with zero attached hydrogens (tertiary/aromatic N) is 2. The maximum absolute atomic E-state index is 5.76. The van der Waals surface area contributed by atoms with E-state index in [0.717, 1.165) is 22.4 Å². The SMILES string of the molecule is [CH2-]/C(C)=C(\[N]=[V])c1cc(C)cnc1N. The van der Waals surface area contributed by atoms with Crippen LogP contribution >= 0.6 is 0 Å². The van der Waals surface area contributed by atoms with Crippen LogP contribution in [-0.2, 0) is 17.2 Å². The molecule has 0 spiro atoms. The molecule has 0 fully saturated rings. The van der Waals surface area contributed by atoms with Gasteiger partial charge in [0, 0.05) is 0 Å². The van der Waals surface area contributed by atoms with Crippen LogP contribution in [0.4, 0.5) is 5.82 Å². The molecule has 0 aliphatic carbocycles. The fourth-order valence-corrected chi connectivity index (χ4v) is 1.57. The summed E-state index contributed by atoms with van der Waals surface area (Å²) >= 11 is 2.17. The summed E-state index contributed by atoms with van der Waals surface area (Å²) in [5.74, 6) is 0.489. The second kappa shape index (κ2) is 4.44. The Balaban J connectivity index is 3.37. The van der Waals surface area contributed by atoms with Gasteiger partial charge in [0.1, 0.15) is 0 Å². The minimum atomic E-state index is 0.489. The molecule has 0 unspecified atom stereocenters. The van der Waals surface area contributed by atoms with E-state index in [1.165, 1.54) is 0 Å². The van der Waals surface area contributed by atoms with Gasteiger partial charge in [-0.05, 0) is 0 Å². The first-order chi connectivity index (χ1) is 6.56. The van der Waals surface area contributed by atoms with Crippen LogP contribution in [0, 0.1) is 13.8 Å². The molecule has 0 aromatic carbocycles. The number of anilines is 1. The van der Waals surface area contributed by atoms with Crippen molar-refractivity contribution in [3.05, 3.63) is 35.9 Å². The molecule has 0 aliphatic heterocycles. The van der Waals surface area contributed by atoms with Gasteiger partial charge in [-0.1, -0.05) is 0 Å². The van der Waals surface area contributed by atoms with Gasteiger partial charge in [-0.25, -0.2) is 0 Å². The first-order valence-corrected chi connectivity index (χ1v) is 4.79. The van der Waals surface area contributed by atoms with E-state index in [0.29, 0.717) is 5.82 Å². The summed E-state index contributed by atoms with van der Waals surface area (Å²) in [6.07, 6.45) is 1.74. The summed E-state index contributed by atoms with van der Waals surface area (Å²) in [7, 11) is 0. The molecule has 1 aromatic heterocycles. The van der Waals surface area contributed by atoms with E-state index < -0.39 is 0 Å². The molecule has 0 saturated carbocycles. The molecule has 1 heterocycles. The Morgan fingerprint density at radius 3 is 2.79 bits per heavy atom. The van der Waals surface area contributed by atoms with E-state index in [1.807, 2.05) is 19.9 Å². The molecule has 0 amide bonds. The summed E-state index contributed by atoms with van der Waals surface area (Å²) in [6, 6.07) is 1.96. The van der Waals surface area contributed by atoms with Crippen molar-refractivity contribution in [2.24, 2.45) is 3.79 Å². The van der Waals surface area contributed by atoms with Gasteiger partial charge in [0.15, 0.2) is 0 Å². The quantitative estimate of drug-likeness (QED) is 0.785. The van der Waals surface area contributed by atoms with Crippen molar-refractivity contribution in [3.8, 4) is 0 Å². The first kappa shape index (κ1) is 11.0. The molecular formula is C10H12N3V-. The zero-order valence-corrected chi connectivity index (χ0v) is 9.68. The van der Waals surface area contributed by atoms with Crippen molar-refractivity contribution in [1.82, 2.24) is 4.98 Å². The summed E-state index contributed by atoms with van der Waals surface area (Å²) < 4.78 is 4.09. The van der Waals surface area contributed by atoms with Gasteiger partial charge in [0.25, 0.3) is 0 Å². The Hall–Kier alpha value is -1.06. The maximum atomic E-state index is 5.76. The van der Waals surface area contributed by atoms with Crippen LogP contribution in [0.5, 0.6) is 0 Å². The van der Waals surface area contributed by atoms with E-state index >= 15 is 0 Å². The molecule has 0 saturated heterocycles. The van der Waals surface area contributed by atoms with E-state index in [1.54, 1.807) is 6.20 Å². The Bertz CT molecular complexity index is 392. The molecule has 4 heteroatoms. The molecule has 1 aromatic rings. The number of nitrogens with two attached hydrogens (primary N) is 1. The van der Waals surface area contributed by atoms with Crippen molar-refractivity contribution in [2.45, 2.75) is 13.8 Å². The van der Waals surface area contributed by atoms with E-state index in [4.69, 9.17) is 5.73 Å². The normalized spacial score (nSPS) is 12.1. The van der Waals surface area contributed by atoms with E-state index in [9.17, 15) is 0 Å². The van der Waals surface area contributed by atoms with E-state index in [-0.39, 0.29) is 0 Å². The Morgan fingerprint density at radius 1 is 1.64 bits per heavy atom. The number of hydrogen-bond donors (Lipinski definition) is 1. The van der Waals surface area contributed by atoms with Crippen LogP contribution in [0.25, 0.3) is 5.70 Å². The average molecular weight is 225 g/mol. The zero-order valence-electron chi connectivity index (χ0n) is 8.28. The molecule has 0 aliphatic rings. The van der Waals surface area contributed by atoms with Crippen molar-refractivity contribution in [1.29, 1.82) is 0 Å². The third-order valence-corrected chi connectivity index (χ3v) is 2.13. The Labute approximate surface area is 93.2 Å². The van der Waals surface area contributed by atoms with Crippen molar-refractivity contribution >= 4 is 11.5 Å². The third kappa shape index (κ3) is 2.25. The number of nitrogen functional groups attached to an aromatic ring is 1. The van der Waals surface area contributed by atoms with Gasteiger partial charge in [-0.15, -0.1) is 0 Å². The molecule has 2 N–H and O–H groups in total. The van der Waals surface area contributed by atoms with Crippen LogP contribution in [0.2, 0.25) is 0 Å². The average Bonchev–Trinajstić information content (AvgIpc) is 2.11. The van der Waals surface area contributed by atoms with Gasteiger partial charge in [-0.3, -0.25) is 0 Å². The van der Waals surface area contributed by atoms with Crippen molar-refractivity contribution in [3.63, 3.8) is 0 Å². The van der Waals surface area contributed by atoms with Crippen LogP contribution in [-0.4, -0.2) is 4.98 Å². The number of rotatable bonds is 2. The molecule has 73 valence electrons. The first-order valence-electron chi connectivity index (χ1n) is 4.16. The number of aryl methyl sites for hydroxylation is 1. The monoisotopic (exact) mass is 225 g/mol. The number of allylic oxidation sites excluding steroid dienone is 1. The molecule has 14 heavy (non-hydrogen) atoms. The predicted molar refractivity (Wildman–Crippen MR) is 53.8 cm³/mol. The second-order valence-electron chi connectivity index (χ2n) is 3.17. The van der Waals surface area contributed by atoms with Crippen LogP contribution in [0.1, 0.15) is 18.1 Å². The molecular weight excluding hydrogens is 213 g/mol. The number of hydrogen-bond acceptors (Lipinski definition) is 3. The molecule has 0 atom stereocenters. The fourth-order valence-electron chi connectivity index (χ4n) is 1.14. The Kier molecular flexibility index (Phi) is 3.50. The van der Waals surface area contributed by atoms with Crippen molar-refractivity contribution in [2.75, 3.05) is 5.73 Å². The standard InChI is InChI=1S/C10H12N3.V/c1-6(2)9(11)8-4-7(3)5-13-10(8)12;/h4-5H,1H2,2-3H3,(H2,12,13);/q-1;/b9-6+;. The fraction of sp³-hybridized carbons (Fsp3) is 0.200. The van der Waals surface area contributed by atoms with Crippen LogP contribution in [0.15, 0.2) is 21.6 Å². The van der Waals surface area contributed by atoms with Gasteiger partial charge in [-0.2, -0.15) is 0 Å². The summed E-state index contributed by atoms with van der Waals surface area (Å²) in [5, 5.41) is 0. The molecule has 0 radical (unpaired) electrons. The minimum absolute atomic E-state index is 0.489. The van der Waals surface area contributed by atoms with E-state index in [2.05, 4.69) is 32.9 Å². The molecule has 1 rings (SSSR count). The second-order valence-corrected chi connectivity index (χ2v) is 3.49. The van der Waals surface area contributed by atoms with Gasteiger partial charge in [0.05, 0.1) is 0 Å². The third-order valence-electron chi connectivity index (χ3n) is 1.81. The number of pyridine rings is 1. The van der Waals surface area contributed by atoms with Crippen LogP contribution < -0.4 is 5.73 Å². The predicted octanol–water partition coefficient (Wildman–Crippen LogP) is 2.27. The zero-order chi connectivity index (χ0) is 10.7. The van der Waals surface area contributed by atoms with Gasteiger partial charge >= 0.3 is 93.0 Å². The van der Waals surface area contributed by atoms with Gasteiger partial charge < -0.3 is 0 Å².